The summed E-state index contributed by atoms with van der Waals surface area (Å²) in [6.07, 6.45) is 2.87. The van der Waals surface area contributed by atoms with Gasteiger partial charge in [-0.3, -0.25) is 14.7 Å². The van der Waals surface area contributed by atoms with E-state index in [4.69, 9.17) is 11.6 Å². The van der Waals surface area contributed by atoms with Crippen LogP contribution in [0.25, 0.3) is 5.69 Å². The van der Waals surface area contributed by atoms with Crippen LogP contribution in [-0.4, -0.2) is 15.6 Å². The first-order valence-electron chi connectivity index (χ1n) is 7.62. The van der Waals surface area contributed by atoms with Gasteiger partial charge < -0.3 is 5.32 Å². The summed E-state index contributed by atoms with van der Waals surface area (Å²) in [6.45, 7) is 1.84. The van der Waals surface area contributed by atoms with E-state index in [-0.39, 0.29) is 11.5 Å². The number of nitrogens with zero attached hydrogens (tertiary/aromatic N) is 2. The van der Waals surface area contributed by atoms with Crippen LogP contribution in [0.3, 0.4) is 0 Å². The van der Waals surface area contributed by atoms with Crippen LogP contribution in [0.15, 0.2) is 59.7 Å². The van der Waals surface area contributed by atoms with Crippen molar-refractivity contribution in [3.05, 3.63) is 81.6 Å². The molecule has 3 rings (SSSR count). The van der Waals surface area contributed by atoms with Crippen LogP contribution in [-0.2, 0) is 0 Å². The van der Waals surface area contributed by atoms with E-state index in [0.29, 0.717) is 10.7 Å². The van der Waals surface area contributed by atoms with Gasteiger partial charge in [0.2, 0.25) is 5.82 Å². The molecule has 0 unspecified atom stereocenters. The zero-order chi connectivity index (χ0) is 18.7. The quantitative estimate of drug-likeness (QED) is 0.730. The number of hydrogen-bond donors (Lipinski definition) is 2. The molecule has 0 radical (unpaired) electrons. The molecular weight excluding hydrogens is 359 g/mol. The van der Waals surface area contributed by atoms with Gasteiger partial charge in [0.05, 0.1) is 5.69 Å². The highest BCUT2D eigenvalue weighted by molar-refractivity contribution is 6.30. The van der Waals surface area contributed by atoms with Crippen molar-refractivity contribution in [3.63, 3.8) is 0 Å². The second kappa shape index (κ2) is 7.37. The summed E-state index contributed by atoms with van der Waals surface area (Å²) in [5.41, 5.74) is 1.15. The lowest BCUT2D eigenvalue weighted by Crippen LogP contribution is -2.28. The molecule has 1 aromatic heterocycles. The molecule has 2 amide bonds. The van der Waals surface area contributed by atoms with Crippen LogP contribution in [0.4, 0.5) is 20.7 Å². The highest BCUT2D eigenvalue weighted by Gasteiger charge is 2.12. The molecule has 0 spiro atoms. The van der Waals surface area contributed by atoms with Crippen molar-refractivity contribution in [2.75, 3.05) is 10.6 Å². The van der Waals surface area contributed by atoms with Crippen molar-refractivity contribution >= 4 is 29.1 Å². The number of nitrogens with one attached hydrogen (secondary N) is 2. The van der Waals surface area contributed by atoms with Gasteiger partial charge in [-0.05, 0) is 42.8 Å². The predicted molar refractivity (Wildman–Crippen MR) is 98.6 cm³/mol. The van der Waals surface area contributed by atoms with Gasteiger partial charge in [0.1, 0.15) is 5.82 Å². The van der Waals surface area contributed by atoms with E-state index in [1.807, 2.05) is 6.92 Å². The minimum Gasteiger partial charge on any atom is -0.308 e. The van der Waals surface area contributed by atoms with Gasteiger partial charge in [0.25, 0.3) is 5.56 Å². The van der Waals surface area contributed by atoms with Crippen molar-refractivity contribution < 1.29 is 9.18 Å². The maximum atomic E-state index is 13.2. The lowest BCUT2D eigenvalue weighted by atomic mass is 10.2. The highest BCUT2D eigenvalue weighted by Crippen LogP contribution is 2.18. The van der Waals surface area contributed by atoms with Crippen molar-refractivity contribution in [2.24, 2.45) is 0 Å². The Bertz CT molecular complexity index is 1040. The summed E-state index contributed by atoms with van der Waals surface area (Å²) < 4.78 is 14.5. The molecule has 0 saturated carbocycles. The maximum Gasteiger partial charge on any atom is 0.325 e. The maximum absolute atomic E-state index is 13.2. The fourth-order valence-corrected chi connectivity index (χ4v) is 2.53. The molecule has 2 aromatic carbocycles. The van der Waals surface area contributed by atoms with Crippen molar-refractivity contribution in [2.45, 2.75) is 6.92 Å². The molecule has 3 aromatic rings. The smallest absolute Gasteiger partial charge is 0.308 e. The molecule has 0 aliphatic heterocycles. The summed E-state index contributed by atoms with van der Waals surface area (Å²) in [5.74, 6) is -0.653. The highest BCUT2D eigenvalue weighted by atomic mass is 35.5. The Hall–Kier alpha value is -3.19. The third-order valence-electron chi connectivity index (χ3n) is 3.59. The molecule has 0 atom stereocenters. The van der Waals surface area contributed by atoms with Crippen molar-refractivity contribution in [3.8, 4) is 5.69 Å². The molecule has 0 aliphatic carbocycles. The van der Waals surface area contributed by atoms with Gasteiger partial charge in [-0.25, -0.2) is 14.2 Å². The molecule has 8 heteroatoms. The summed E-state index contributed by atoms with van der Waals surface area (Å²) in [5, 5.41) is 5.29. The Morgan fingerprint density at radius 1 is 1.19 bits per heavy atom. The van der Waals surface area contributed by atoms with Crippen LogP contribution in [0, 0.1) is 12.7 Å². The first-order valence-corrected chi connectivity index (χ1v) is 7.99. The monoisotopic (exact) mass is 372 g/mol. The van der Waals surface area contributed by atoms with Crippen LogP contribution < -0.4 is 16.2 Å². The van der Waals surface area contributed by atoms with Crippen molar-refractivity contribution in [1.29, 1.82) is 0 Å². The van der Waals surface area contributed by atoms with E-state index in [1.54, 1.807) is 18.2 Å². The summed E-state index contributed by atoms with van der Waals surface area (Å²) in [4.78, 5) is 28.6. The topological polar surface area (TPSA) is 76.0 Å². The second-order valence-electron chi connectivity index (χ2n) is 5.47. The Labute approximate surface area is 153 Å². The SMILES string of the molecule is Cc1ccc(Cl)cc1-n1ccnc(NC(=O)Nc2cccc(F)c2)c1=O. The van der Waals surface area contributed by atoms with E-state index >= 15 is 0 Å². The van der Waals surface area contributed by atoms with Crippen LogP contribution in [0.2, 0.25) is 5.02 Å². The third kappa shape index (κ3) is 3.89. The van der Waals surface area contributed by atoms with Gasteiger partial charge in [0.15, 0.2) is 0 Å². The zero-order valence-electron chi connectivity index (χ0n) is 13.7. The molecule has 0 saturated heterocycles. The molecule has 26 heavy (non-hydrogen) atoms. The second-order valence-corrected chi connectivity index (χ2v) is 5.91. The number of carbonyl (C=O) groups is 1. The van der Waals surface area contributed by atoms with Gasteiger partial charge in [-0.1, -0.05) is 23.7 Å². The van der Waals surface area contributed by atoms with Gasteiger partial charge in [-0.2, -0.15) is 0 Å². The van der Waals surface area contributed by atoms with Crippen LogP contribution in [0.5, 0.6) is 0 Å². The summed E-state index contributed by atoms with van der Waals surface area (Å²) in [6, 6.07) is 9.84. The molecular formula is C18H14ClFN4O2. The van der Waals surface area contributed by atoms with Gasteiger partial charge >= 0.3 is 6.03 Å². The Morgan fingerprint density at radius 3 is 2.77 bits per heavy atom. The van der Waals surface area contributed by atoms with Gasteiger partial charge in [-0.15, -0.1) is 0 Å². The fourth-order valence-electron chi connectivity index (χ4n) is 2.37. The van der Waals surface area contributed by atoms with Gasteiger partial charge in [0, 0.05) is 23.1 Å². The molecule has 0 aliphatic rings. The first-order chi connectivity index (χ1) is 12.4. The lowest BCUT2D eigenvalue weighted by Gasteiger charge is -2.11. The van der Waals surface area contributed by atoms with Crippen LogP contribution in [0.1, 0.15) is 5.56 Å². The molecule has 6 nitrogen and oxygen atoms in total. The number of hydrogen-bond acceptors (Lipinski definition) is 3. The Morgan fingerprint density at radius 2 is 2.00 bits per heavy atom. The predicted octanol–water partition coefficient (Wildman–Crippen LogP) is 3.98. The Balaban J connectivity index is 1.87. The Kier molecular flexibility index (Phi) is 4.99. The lowest BCUT2D eigenvalue weighted by molar-refractivity contribution is 0.262. The average molecular weight is 373 g/mol. The van der Waals surface area contributed by atoms with E-state index < -0.39 is 17.4 Å². The number of amides is 2. The molecule has 2 N–H and O–H groups in total. The van der Waals surface area contributed by atoms with E-state index in [0.717, 1.165) is 11.6 Å². The van der Waals surface area contributed by atoms with E-state index in [1.165, 1.54) is 35.2 Å². The summed E-state index contributed by atoms with van der Waals surface area (Å²) >= 11 is 6.00. The number of carbonyl (C=O) groups excluding carboxylic acids is 1. The third-order valence-corrected chi connectivity index (χ3v) is 3.82. The number of aryl methyl sites for hydroxylation is 1. The molecule has 1 heterocycles. The number of rotatable bonds is 3. The normalized spacial score (nSPS) is 10.4. The number of halogens is 2. The molecule has 0 fully saturated rings. The minimum atomic E-state index is -0.708. The molecule has 132 valence electrons. The first kappa shape index (κ1) is 17.6. The van der Waals surface area contributed by atoms with Crippen molar-refractivity contribution in [1.82, 2.24) is 9.55 Å². The van der Waals surface area contributed by atoms with E-state index in [9.17, 15) is 14.0 Å². The zero-order valence-corrected chi connectivity index (χ0v) is 14.4. The van der Waals surface area contributed by atoms with E-state index in [2.05, 4.69) is 15.6 Å². The average Bonchev–Trinajstić information content (AvgIpc) is 2.59. The number of aromatic nitrogens is 2. The largest absolute Gasteiger partial charge is 0.325 e. The number of benzene rings is 2. The van der Waals surface area contributed by atoms with Crippen LogP contribution >= 0.6 is 11.6 Å². The fraction of sp³-hybridized carbons (Fsp3) is 0.0556. The number of urea groups is 1. The summed E-state index contributed by atoms with van der Waals surface area (Å²) in [7, 11) is 0. The minimum absolute atomic E-state index is 0.166. The standard InChI is InChI=1S/C18H14ClFN4O2/c1-11-5-6-12(19)9-15(11)24-8-7-21-16(17(24)25)23-18(26)22-14-4-2-3-13(20)10-14/h2-10H,1H3,(H2,21,22,23,26). The number of anilines is 2. The molecule has 0 bridgehead atoms.